The van der Waals surface area contributed by atoms with Gasteiger partial charge in [-0.25, -0.2) is 19.9 Å². The van der Waals surface area contributed by atoms with Crippen LogP contribution >= 0.6 is 11.6 Å². The van der Waals surface area contributed by atoms with Gasteiger partial charge >= 0.3 is 0 Å². The zero-order valence-electron chi connectivity index (χ0n) is 17.1. The summed E-state index contributed by atoms with van der Waals surface area (Å²) < 4.78 is 1.91. The van der Waals surface area contributed by atoms with Crippen LogP contribution in [0, 0.1) is 5.41 Å². The van der Waals surface area contributed by atoms with Crippen LogP contribution in [0.3, 0.4) is 0 Å². The van der Waals surface area contributed by atoms with Crippen LogP contribution in [0.5, 0.6) is 0 Å². The molecule has 3 heterocycles. The normalized spacial score (nSPS) is 19.3. The molecule has 164 valence electrons. The highest BCUT2D eigenvalue weighted by atomic mass is 35.5. The fraction of sp³-hybridized carbons (Fsp3) is 0.500. The quantitative estimate of drug-likeness (QED) is 0.732. The average Bonchev–Trinajstić information content (AvgIpc) is 3.40. The second-order valence-electron chi connectivity index (χ2n) is 8.22. The summed E-state index contributed by atoms with van der Waals surface area (Å²) in [6.45, 7) is 2.10. The van der Waals surface area contributed by atoms with Gasteiger partial charge < -0.3 is 20.9 Å². The minimum atomic E-state index is -0.550. The van der Waals surface area contributed by atoms with Crippen molar-refractivity contribution in [2.45, 2.75) is 45.1 Å². The number of likely N-dealkylation sites (tertiary alicyclic amines) is 1. The summed E-state index contributed by atoms with van der Waals surface area (Å²) in [5, 5.41) is -0.0641. The van der Waals surface area contributed by atoms with Gasteiger partial charge in [0.05, 0.1) is 6.33 Å². The minimum Gasteiger partial charge on any atom is -0.382 e. The summed E-state index contributed by atoms with van der Waals surface area (Å²) >= 11 is 5.86. The van der Waals surface area contributed by atoms with Crippen LogP contribution in [-0.4, -0.2) is 55.0 Å². The molecule has 0 atom stereocenters. The standard InChI is InChI=1S/C20H25ClN8O2/c21-16-18(23)27-17(22)15(26-16)19(31)25-13-1-3-20(11-13)4-8-29(9-5-20)14(30)2-7-28-10-6-24-12-28/h6,10,12H,1-5,7-9,11H2,(H4,22,23,27). The van der Waals surface area contributed by atoms with E-state index in [0.717, 1.165) is 50.9 Å². The second-order valence-corrected chi connectivity index (χ2v) is 8.58. The zero-order valence-corrected chi connectivity index (χ0v) is 17.9. The number of anilines is 2. The van der Waals surface area contributed by atoms with Crippen LogP contribution < -0.4 is 11.5 Å². The van der Waals surface area contributed by atoms with E-state index in [4.69, 9.17) is 23.1 Å². The fourth-order valence-electron chi connectivity index (χ4n) is 4.37. The number of aryl methyl sites for hydroxylation is 1. The SMILES string of the molecule is Nc1nc(N)c(C(=O)N=C2CCC3(CCN(C(=O)CCn4ccnc4)CC3)C2)nc1Cl. The van der Waals surface area contributed by atoms with E-state index < -0.39 is 5.91 Å². The van der Waals surface area contributed by atoms with Crippen molar-refractivity contribution in [3.8, 4) is 0 Å². The predicted octanol–water partition coefficient (Wildman–Crippen LogP) is 1.96. The van der Waals surface area contributed by atoms with Crippen molar-refractivity contribution in [2.24, 2.45) is 10.4 Å². The molecule has 31 heavy (non-hydrogen) atoms. The molecule has 0 unspecified atom stereocenters. The molecule has 0 aromatic carbocycles. The van der Waals surface area contributed by atoms with Gasteiger partial charge in [-0.15, -0.1) is 0 Å². The number of nitrogens with zero attached hydrogens (tertiary/aromatic N) is 6. The first-order valence-electron chi connectivity index (χ1n) is 10.3. The first-order chi connectivity index (χ1) is 14.8. The Morgan fingerprint density at radius 1 is 1.16 bits per heavy atom. The van der Waals surface area contributed by atoms with Crippen molar-refractivity contribution in [3.05, 3.63) is 29.6 Å². The molecule has 2 amide bonds. The van der Waals surface area contributed by atoms with Gasteiger partial charge in [-0.2, -0.15) is 0 Å². The number of carbonyl (C=O) groups excluding carboxylic acids is 2. The highest BCUT2D eigenvalue weighted by Crippen LogP contribution is 2.45. The van der Waals surface area contributed by atoms with Gasteiger partial charge in [-0.05, 0) is 37.5 Å². The largest absolute Gasteiger partial charge is 0.382 e. The maximum absolute atomic E-state index is 12.5. The molecule has 4 N–H and O–H groups in total. The Morgan fingerprint density at radius 2 is 1.94 bits per heavy atom. The number of amides is 2. The van der Waals surface area contributed by atoms with Crippen molar-refractivity contribution in [1.29, 1.82) is 0 Å². The molecule has 10 nitrogen and oxygen atoms in total. The molecule has 0 radical (unpaired) electrons. The van der Waals surface area contributed by atoms with Crippen molar-refractivity contribution in [3.63, 3.8) is 0 Å². The van der Waals surface area contributed by atoms with Gasteiger partial charge in [0, 0.05) is 44.2 Å². The van der Waals surface area contributed by atoms with Gasteiger partial charge in [0.25, 0.3) is 5.91 Å². The molecule has 1 aliphatic carbocycles. The molecular weight excluding hydrogens is 420 g/mol. The van der Waals surface area contributed by atoms with Crippen molar-refractivity contribution in [2.75, 3.05) is 24.6 Å². The van der Waals surface area contributed by atoms with Crippen LogP contribution in [0.2, 0.25) is 5.15 Å². The summed E-state index contributed by atoms with van der Waals surface area (Å²) in [7, 11) is 0. The molecule has 4 rings (SSSR count). The number of nitrogen functional groups attached to an aromatic ring is 2. The van der Waals surface area contributed by atoms with E-state index in [1.807, 2.05) is 15.7 Å². The number of hydrogen-bond donors (Lipinski definition) is 2. The average molecular weight is 445 g/mol. The van der Waals surface area contributed by atoms with Gasteiger partial charge in [0.15, 0.2) is 22.5 Å². The van der Waals surface area contributed by atoms with Crippen molar-refractivity contribution < 1.29 is 9.59 Å². The Kier molecular flexibility index (Phi) is 5.90. The monoisotopic (exact) mass is 444 g/mol. The molecule has 2 aromatic rings. The van der Waals surface area contributed by atoms with Gasteiger partial charge in [-0.1, -0.05) is 11.6 Å². The Morgan fingerprint density at radius 3 is 2.65 bits per heavy atom. The van der Waals surface area contributed by atoms with Crippen LogP contribution in [0.15, 0.2) is 23.7 Å². The van der Waals surface area contributed by atoms with Crippen molar-refractivity contribution in [1.82, 2.24) is 24.4 Å². The van der Waals surface area contributed by atoms with Crippen LogP contribution in [-0.2, 0) is 11.3 Å². The molecule has 1 saturated heterocycles. The number of piperidine rings is 1. The molecule has 0 bridgehead atoms. The Hall–Kier alpha value is -3.01. The molecule has 2 aliphatic rings. The summed E-state index contributed by atoms with van der Waals surface area (Å²) in [6, 6.07) is 0. The van der Waals surface area contributed by atoms with E-state index in [-0.39, 0.29) is 33.8 Å². The maximum Gasteiger partial charge on any atom is 0.299 e. The van der Waals surface area contributed by atoms with Crippen LogP contribution in [0.1, 0.15) is 49.0 Å². The summed E-state index contributed by atoms with van der Waals surface area (Å²) in [5.74, 6) is -0.480. The lowest BCUT2D eigenvalue weighted by Gasteiger charge is -2.39. The lowest BCUT2D eigenvalue weighted by molar-refractivity contribution is -0.133. The number of nitrogens with two attached hydrogens (primary N) is 2. The molecule has 1 saturated carbocycles. The number of rotatable bonds is 4. The third-order valence-corrected chi connectivity index (χ3v) is 6.49. The Labute approximate surface area is 184 Å². The molecule has 1 aliphatic heterocycles. The van der Waals surface area contributed by atoms with E-state index in [9.17, 15) is 9.59 Å². The Balaban J connectivity index is 1.33. The highest BCUT2D eigenvalue weighted by Gasteiger charge is 2.40. The lowest BCUT2D eigenvalue weighted by Crippen LogP contribution is -2.42. The number of aromatic nitrogens is 4. The second kappa shape index (κ2) is 8.62. The van der Waals surface area contributed by atoms with Gasteiger partial charge in [0.2, 0.25) is 5.91 Å². The van der Waals surface area contributed by atoms with E-state index in [2.05, 4.69) is 19.9 Å². The van der Waals surface area contributed by atoms with Gasteiger partial charge in [0.1, 0.15) is 0 Å². The predicted molar refractivity (Wildman–Crippen MR) is 117 cm³/mol. The summed E-state index contributed by atoms with van der Waals surface area (Å²) in [5.41, 5.74) is 12.2. The van der Waals surface area contributed by atoms with Crippen LogP contribution in [0.4, 0.5) is 11.6 Å². The van der Waals surface area contributed by atoms with E-state index in [1.165, 1.54) is 0 Å². The van der Waals surface area contributed by atoms with E-state index >= 15 is 0 Å². The minimum absolute atomic E-state index is 0.0190. The van der Waals surface area contributed by atoms with Crippen LogP contribution in [0.25, 0.3) is 0 Å². The number of hydrogen-bond acceptors (Lipinski definition) is 7. The Bertz CT molecular complexity index is 1010. The molecule has 11 heteroatoms. The first-order valence-corrected chi connectivity index (χ1v) is 10.7. The summed E-state index contributed by atoms with van der Waals surface area (Å²) in [4.78, 5) is 43.0. The molecule has 2 aromatic heterocycles. The van der Waals surface area contributed by atoms with Gasteiger partial charge in [-0.3, -0.25) is 9.59 Å². The third-order valence-electron chi connectivity index (χ3n) is 6.21. The zero-order chi connectivity index (χ0) is 22.0. The molecule has 1 spiro atoms. The van der Waals surface area contributed by atoms with E-state index in [0.29, 0.717) is 13.0 Å². The van der Waals surface area contributed by atoms with Crippen molar-refractivity contribution >= 4 is 40.8 Å². The molecular formula is C20H25ClN8O2. The maximum atomic E-state index is 12.5. The smallest absolute Gasteiger partial charge is 0.299 e. The number of imidazole rings is 1. The van der Waals surface area contributed by atoms with E-state index in [1.54, 1.807) is 12.5 Å². The summed E-state index contributed by atoms with van der Waals surface area (Å²) in [6.07, 6.45) is 10.0. The first kappa shape index (κ1) is 21.2. The lowest BCUT2D eigenvalue weighted by atomic mass is 9.77. The number of aliphatic imine (C=N–C) groups is 1. The molecule has 2 fully saturated rings. The topological polar surface area (TPSA) is 145 Å². The number of halogens is 1. The fourth-order valence-corrected chi connectivity index (χ4v) is 4.50. The number of carbonyl (C=O) groups is 2. The highest BCUT2D eigenvalue weighted by molar-refractivity contribution is 6.31. The third kappa shape index (κ3) is 4.68.